The normalized spacial score (nSPS) is 13.3. The number of hydrogen-bond donors (Lipinski definition) is 0. The molecule has 0 heterocycles. The molecule has 0 saturated heterocycles. The molecule has 9 heteroatoms. The Labute approximate surface area is 597 Å². The fourth-order valence-corrected chi connectivity index (χ4v) is 15.0. The van der Waals surface area contributed by atoms with Gasteiger partial charge in [0.15, 0.2) is 36.7 Å². The first kappa shape index (κ1) is 68.2. The van der Waals surface area contributed by atoms with Crippen LogP contribution in [0.25, 0.3) is 33.4 Å². The first-order chi connectivity index (χ1) is 49.8. The molecule has 504 valence electrons. The second kappa shape index (κ2) is 29.6. The molecule has 0 N–H and O–H groups in total. The van der Waals surface area contributed by atoms with Crippen molar-refractivity contribution in [2.24, 2.45) is 0 Å². The van der Waals surface area contributed by atoms with Gasteiger partial charge in [0.1, 0.15) is 34.5 Å². The van der Waals surface area contributed by atoms with Crippen LogP contribution in [-0.4, -0.2) is 57.5 Å². The number of benzene rings is 12. The molecule has 0 bridgehead atoms. The van der Waals surface area contributed by atoms with Crippen LogP contribution >= 0.6 is 0 Å². The van der Waals surface area contributed by atoms with Gasteiger partial charge < -0.3 is 28.4 Å². The molecule has 0 radical (unpaired) electrons. The highest BCUT2D eigenvalue weighted by molar-refractivity contribution is 5.96. The van der Waals surface area contributed by atoms with Crippen molar-refractivity contribution in [1.29, 1.82) is 0 Å². The van der Waals surface area contributed by atoms with Crippen molar-refractivity contribution in [1.82, 2.24) is 0 Å². The monoisotopic (exact) mass is 1340 g/mol. The standard InChI is InChI=1S/C32H28O3.C31H26O3.C30H24O3/c1-4-31(33)22(3)35-26-20-16-24(17-21-26)32(23-14-18-25(19-15-23)34-5-2)29-12-8-6-10-27(29)28-11-7-9-13-30(28)32;1-21(2)30(32)20-34-25-18-14-23(15-19-25)31(22-12-16-24(33-3)17-13-22)28-10-6-4-8-26(28)27-9-5-7-11-29(27)31;1-3-23(31)20-33-25-18-14-22(15-19-25)30(21-12-16-24(32-2)17-13-21)28-10-6-4-8-26(28)27-9-5-7-11-29(27)30/h4,6-22H,1,5H2,2-3H3;4-19H,1,20H2,2-3H3;3-19H,1,20H2,2H3. The number of fused-ring (bicyclic) bond motifs is 9. The maximum absolute atomic E-state index is 11.9. The van der Waals surface area contributed by atoms with Gasteiger partial charge in [0.05, 0.1) is 37.1 Å². The van der Waals surface area contributed by atoms with E-state index in [9.17, 15) is 14.4 Å². The number of methoxy groups -OCH3 is 2. The van der Waals surface area contributed by atoms with Crippen LogP contribution in [0.5, 0.6) is 34.5 Å². The molecule has 0 aromatic heterocycles. The van der Waals surface area contributed by atoms with E-state index < -0.39 is 22.3 Å². The molecule has 9 nitrogen and oxygen atoms in total. The van der Waals surface area contributed by atoms with Crippen LogP contribution in [0.1, 0.15) is 87.5 Å². The fourth-order valence-electron chi connectivity index (χ4n) is 15.0. The molecule has 1 unspecified atom stereocenters. The summed E-state index contributed by atoms with van der Waals surface area (Å²) in [5.41, 5.74) is 20.8. The van der Waals surface area contributed by atoms with Crippen molar-refractivity contribution in [3.8, 4) is 67.9 Å². The van der Waals surface area contributed by atoms with Gasteiger partial charge in [0.25, 0.3) is 0 Å². The van der Waals surface area contributed by atoms with Crippen molar-refractivity contribution in [2.75, 3.05) is 34.0 Å². The van der Waals surface area contributed by atoms with Gasteiger partial charge in [-0.3, -0.25) is 14.4 Å². The summed E-state index contributed by atoms with van der Waals surface area (Å²) in [6, 6.07) is 101. The van der Waals surface area contributed by atoms with Crippen LogP contribution in [-0.2, 0) is 30.6 Å². The van der Waals surface area contributed by atoms with Crippen molar-refractivity contribution in [2.45, 2.75) is 43.1 Å². The summed E-state index contributed by atoms with van der Waals surface area (Å²) in [6.07, 6.45) is 2.00. The van der Waals surface area contributed by atoms with Crippen LogP contribution < -0.4 is 28.4 Å². The molecular weight excluding hydrogens is 1260 g/mol. The SMILES string of the molecule is C=C(C)C(=O)COc1ccc(C2(c3ccc(OC)cc3)c3ccccc3-c3ccccc32)cc1.C=CC(=O)C(C)Oc1ccc(C2(c3ccc(OCC)cc3)c3ccccc3-c3ccccc32)cc1.C=CC(=O)COc1ccc(C2(c3ccc(OC)cc3)c3ccccc3-c3ccccc32)cc1. The molecule has 102 heavy (non-hydrogen) atoms. The van der Waals surface area contributed by atoms with E-state index in [-0.39, 0.29) is 30.6 Å². The van der Waals surface area contributed by atoms with Gasteiger partial charge in [-0.15, -0.1) is 0 Å². The Balaban J connectivity index is 0.000000137. The third kappa shape index (κ3) is 12.4. The number of hydrogen-bond acceptors (Lipinski definition) is 9. The number of carbonyl (C=O) groups excluding carboxylic acids is 3. The summed E-state index contributed by atoms with van der Waals surface area (Å²) in [7, 11) is 3.36. The van der Waals surface area contributed by atoms with Gasteiger partial charge in [-0.2, -0.15) is 0 Å². The smallest absolute Gasteiger partial charge is 0.195 e. The summed E-state index contributed by atoms with van der Waals surface area (Å²) < 4.78 is 33.8. The van der Waals surface area contributed by atoms with E-state index in [4.69, 9.17) is 28.4 Å². The lowest BCUT2D eigenvalue weighted by Gasteiger charge is -2.34. The highest BCUT2D eigenvalue weighted by atomic mass is 16.5. The van der Waals surface area contributed by atoms with Gasteiger partial charge in [-0.1, -0.05) is 238 Å². The Hall–Kier alpha value is -12.3. The van der Waals surface area contributed by atoms with E-state index in [1.165, 1.54) is 84.5 Å². The number of ketones is 3. The molecule has 0 amide bonds. The molecule has 1 atom stereocenters. The van der Waals surface area contributed by atoms with Crippen LogP contribution in [0.15, 0.2) is 329 Å². The van der Waals surface area contributed by atoms with E-state index in [1.807, 2.05) is 79.7 Å². The Morgan fingerprint density at radius 2 is 0.608 bits per heavy atom. The van der Waals surface area contributed by atoms with E-state index in [0.29, 0.717) is 29.4 Å². The van der Waals surface area contributed by atoms with Crippen LogP contribution in [0.2, 0.25) is 0 Å². The Morgan fingerprint density at radius 3 is 0.863 bits per heavy atom. The molecule has 3 aliphatic carbocycles. The number of rotatable bonds is 22. The first-order valence-corrected chi connectivity index (χ1v) is 34.2. The predicted molar refractivity (Wildman–Crippen MR) is 407 cm³/mol. The van der Waals surface area contributed by atoms with E-state index in [1.54, 1.807) is 28.1 Å². The van der Waals surface area contributed by atoms with Gasteiger partial charge in [-0.25, -0.2) is 0 Å². The Morgan fingerprint density at radius 1 is 0.353 bits per heavy atom. The van der Waals surface area contributed by atoms with Crippen LogP contribution in [0.4, 0.5) is 0 Å². The molecule has 12 aromatic rings. The average Bonchev–Trinajstić information content (AvgIpc) is 1.68. The molecule has 0 fully saturated rings. The summed E-state index contributed by atoms with van der Waals surface area (Å²) in [5, 5.41) is 0. The van der Waals surface area contributed by atoms with Crippen molar-refractivity contribution in [3.63, 3.8) is 0 Å². The molecular formula is C93H78O9. The zero-order valence-electron chi connectivity index (χ0n) is 57.9. The Bertz CT molecular complexity index is 4930. The lowest BCUT2D eigenvalue weighted by molar-refractivity contribution is -0.120. The van der Waals surface area contributed by atoms with Crippen molar-refractivity contribution in [3.05, 3.63) is 395 Å². The van der Waals surface area contributed by atoms with Gasteiger partial charge in [0, 0.05) is 0 Å². The largest absolute Gasteiger partial charge is 0.497 e. The highest BCUT2D eigenvalue weighted by Crippen LogP contribution is 2.59. The summed E-state index contributed by atoms with van der Waals surface area (Å²) in [4.78, 5) is 35.4. The third-order valence-corrected chi connectivity index (χ3v) is 19.7. The molecule has 0 saturated carbocycles. The van der Waals surface area contributed by atoms with Gasteiger partial charge in [-0.05, 0) is 211 Å². The predicted octanol–water partition coefficient (Wildman–Crippen LogP) is 19.7. The zero-order valence-corrected chi connectivity index (χ0v) is 57.9. The van der Waals surface area contributed by atoms with E-state index in [0.717, 1.165) is 45.1 Å². The quantitative estimate of drug-likeness (QED) is 0.0613. The maximum atomic E-state index is 11.9. The minimum atomic E-state index is -0.577. The third-order valence-electron chi connectivity index (χ3n) is 19.7. The zero-order chi connectivity index (χ0) is 71.0. The molecule has 0 spiro atoms. The molecule has 0 aliphatic heterocycles. The second-order valence-electron chi connectivity index (χ2n) is 25.3. The lowest BCUT2D eigenvalue weighted by Crippen LogP contribution is -2.28. The molecule has 12 aromatic carbocycles. The average molecular weight is 1340 g/mol. The van der Waals surface area contributed by atoms with E-state index in [2.05, 4.69) is 238 Å². The molecule has 15 rings (SSSR count). The van der Waals surface area contributed by atoms with Crippen molar-refractivity contribution >= 4 is 17.3 Å². The number of carbonyl (C=O) groups is 3. The molecule has 3 aliphatic rings. The number of ether oxygens (including phenoxy) is 6. The maximum Gasteiger partial charge on any atom is 0.195 e. The fraction of sp³-hybridized carbons (Fsp3) is 0.129. The minimum Gasteiger partial charge on any atom is -0.497 e. The van der Waals surface area contributed by atoms with Crippen LogP contribution in [0, 0.1) is 0 Å². The van der Waals surface area contributed by atoms with E-state index >= 15 is 0 Å². The highest BCUT2D eigenvalue weighted by Gasteiger charge is 2.49. The van der Waals surface area contributed by atoms with Crippen molar-refractivity contribution < 1.29 is 42.8 Å². The Kier molecular flexibility index (Phi) is 19.8. The number of Topliss-reactive ketones (excluding diaryl/α,β-unsaturated/α-hetero) is 1. The van der Waals surface area contributed by atoms with Gasteiger partial charge >= 0.3 is 0 Å². The summed E-state index contributed by atoms with van der Waals surface area (Å²) in [5.74, 6) is 4.08. The second-order valence-corrected chi connectivity index (χ2v) is 25.3. The first-order valence-electron chi connectivity index (χ1n) is 34.2. The topological polar surface area (TPSA) is 107 Å². The van der Waals surface area contributed by atoms with Crippen LogP contribution in [0.3, 0.4) is 0 Å². The summed E-state index contributed by atoms with van der Waals surface area (Å²) in [6.45, 7) is 16.8. The lowest BCUT2D eigenvalue weighted by atomic mass is 9.68. The van der Waals surface area contributed by atoms with Gasteiger partial charge in [0.2, 0.25) is 0 Å². The minimum absolute atomic E-state index is 0.00995. The summed E-state index contributed by atoms with van der Waals surface area (Å²) >= 11 is 0.